The summed E-state index contributed by atoms with van der Waals surface area (Å²) in [6.45, 7) is 1.50. The number of rotatable bonds is 8. The van der Waals surface area contributed by atoms with Crippen LogP contribution in [0, 0.1) is 0 Å². The molecule has 0 bridgehead atoms. The normalized spacial score (nSPS) is 13.2. The van der Waals surface area contributed by atoms with E-state index in [4.69, 9.17) is 10.2 Å². The van der Waals surface area contributed by atoms with E-state index in [2.05, 4.69) is 10.00 Å². The van der Waals surface area contributed by atoms with Gasteiger partial charge in [-0.2, -0.15) is 5.10 Å². The van der Waals surface area contributed by atoms with Gasteiger partial charge in [-0.3, -0.25) is 9.59 Å². The Bertz CT molecular complexity index is 809. The maximum absolute atomic E-state index is 11.2. The largest absolute Gasteiger partial charge is 0.481 e. The van der Waals surface area contributed by atoms with E-state index < -0.39 is 5.97 Å². The SMILES string of the molecule is CC(=O)Nc1ccc(-n2nc(CCCCCC(=O)O)c3c2CCCC3)cc1. The molecule has 1 aliphatic carbocycles. The van der Waals surface area contributed by atoms with Crippen LogP contribution in [0.2, 0.25) is 0 Å². The molecule has 0 spiro atoms. The van der Waals surface area contributed by atoms with Crippen LogP contribution in [0.3, 0.4) is 0 Å². The summed E-state index contributed by atoms with van der Waals surface area (Å²) >= 11 is 0. The van der Waals surface area contributed by atoms with Gasteiger partial charge in [-0.25, -0.2) is 4.68 Å². The van der Waals surface area contributed by atoms with Crippen molar-refractivity contribution < 1.29 is 14.7 Å². The molecule has 0 fully saturated rings. The van der Waals surface area contributed by atoms with Crippen LogP contribution in [0.15, 0.2) is 24.3 Å². The van der Waals surface area contributed by atoms with Crippen LogP contribution >= 0.6 is 0 Å². The molecule has 144 valence electrons. The number of aryl methyl sites for hydroxylation is 1. The number of benzene rings is 1. The summed E-state index contributed by atoms with van der Waals surface area (Å²) in [7, 11) is 0. The fourth-order valence-corrected chi connectivity index (χ4v) is 3.72. The number of anilines is 1. The minimum absolute atomic E-state index is 0.0793. The van der Waals surface area contributed by atoms with Gasteiger partial charge in [0.1, 0.15) is 0 Å². The molecular weight excluding hydrogens is 342 g/mol. The molecule has 1 aromatic heterocycles. The summed E-state index contributed by atoms with van der Waals surface area (Å²) in [6, 6.07) is 7.78. The Morgan fingerprint density at radius 3 is 2.56 bits per heavy atom. The average molecular weight is 369 g/mol. The van der Waals surface area contributed by atoms with Crippen LogP contribution < -0.4 is 5.32 Å². The topological polar surface area (TPSA) is 84.2 Å². The summed E-state index contributed by atoms with van der Waals surface area (Å²) in [4.78, 5) is 21.8. The van der Waals surface area contributed by atoms with E-state index in [1.165, 1.54) is 31.0 Å². The molecule has 1 heterocycles. The number of carboxylic acids is 1. The van der Waals surface area contributed by atoms with Gasteiger partial charge in [-0.1, -0.05) is 6.42 Å². The summed E-state index contributed by atoms with van der Waals surface area (Å²) in [5, 5.41) is 16.4. The van der Waals surface area contributed by atoms with Crippen molar-refractivity contribution in [3.8, 4) is 5.69 Å². The van der Waals surface area contributed by atoms with Gasteiger partial charge in [-0.05, 0) is 74.8 Å². The molecule has 2 N–H and O–H groups in total. The third-order valence-electron chi connectivity index (χ3n) is 5.00. The van der Waals surface area contributed by atoms with Crippen LogP contribution in [0.4, 0.5) is 5.69 Å². The second-order valence-corrected chi connectivity index (χ2v) is 7.17. The van der Waals surface area contributed by atoms with E-state index in [1.807, 2.05) is 24.3 Å². The van der Waals surface area contributed by atoms with Crippen molar-refractivity contribution in [1.82, 2.24) is 9.78 Å². The quantitative estimate of drug-likeness (QED) is 0.691. The molecule has 6 heteroatoms. The molecule has 27 heavy (non-hydrogen) atoms. The lowest BCUT2D eigenvalue weighted by Crippen LogP contribution is -2.08. The summed E-state index contributed by atoms with van der Waals surface area (Å²) < 4.78 is 2.05. The fraction of sp³-hybridized carbons (Fsp3) is 0.476. The third kappa shape index (κ3) is 4.96. The first-order chi connectivity index (χ1) is 13.0. The number of nitrogens with zero attached hydrogens (tertiary/aromatic N) is 2. The standard InChI is InChI=1S/C21H27N3O3/c1-15(25)22-16-11-13-17(14-12-16)24-20-9-6-5-7-18(20)19(23-24)8-3-2-4-10-21(26)27/h11-14H,2-10H2,1H3,(H,22,25)(H,26,27). The predicted molar refractivity (Wildman–Crippen MR) is 104 cm³/mol. The second-order valence-electron chi connectivity index (χ2n) is 7.17. The predicted octanol–water partition coefficient (Wildman–Crippen LogP) is 3.90. The van der Waals surface area contributed by atoms with Crippen molar-refractivity contribution in [1.29, 1.82) is 0 Å². The summed E-state index contributed by atoms with van der Waals surface area (Å²) in [5.74, 6) is -0.802. The van der Waals surface area contributed by atoms with Crippen molar-refractivity contribution >= 4 is 17.6 Å². The molecule has 0 radical (unpaired) electrons. The van der Waals surface area contributed by atoms with Gasteiger partial charge in [-0.15, -0.1) is 0 Å². The first-order valence-corrected chi connectivity index (χ1v) is 9.74. The lowest BCUT2D eigenvalue weighted by molar-refractivity contribution is -0.137. The van der Waals surface area contributed by atoms with Gasteiger partial charge < -0.3 is 10.4 Å². The highest BCUT2D eigenvalue weighted by Crippen LogP contribution is 2.28. The van der Waals surface area contributed by atoms with Crippen molar-refractivity contribution in [3.05, 3.63) is 41.2 Å². The highest BCUT2D eigenvalue weighted by molar-refractivity contribution is 5.88. The molecular formula is C21H27N3O3. The monoisotopic (exact) mass is 369 g/mol. The summed E-state index contributed by atoms with van der Waals surface area (Å²) in [5.41, 5.74) is 5.63. The van der Waals surface area contributed by atoms with E-state index in [1.54, 1.807) is 0 Å². The van der Waals surface area contributed by atoms with E-state index >= 15 is 0 Å². The molecule has 0 saturated heterocycles. The number of fused-ring (bicyclic) bond motifs is 1. The number of hydrogen-bond acceptors (Lipinski definition) is 3. The van der Waals surface area contributed by atoms with Gasteiger partial charge in [0.15, 0.2) is 0 Å². The smallest absolute Gasteiger partial charge is 0.303 e. The van der Waals surface area contributed by atoms with Gasteiger partial charge >= 0.3 is 5.97 Å². The van der Waals surface area contributed by atoms with Crippen molar-refractivity contribution in [2.75, 3.05) is 5.32 Å². The van der Waals surface area contributed by atoms with Crippen LogP contribution in [-0.4, -0.2) is 26.8 Å². The lowest BCUT2D eigenvalue weighted by atomic mass is 9.94. The number of aromatic nitrogens is 2. The highest BCUT2D eigenvalue weighted by atomic mass is 16.4. The first-order valence-electron chi connectivity index (χ1n) is 9.74. The zero-order chi connectivity index (χ0) is 19.2. The molecule has 1 amide bonds. The highest BCUT2D eigenvalue weighted by Gasteiger charge is 2.21. The maximum atomic E-state index is 11.2. The number of aliphatic carboxylic acids is 1. The Labute approximate surface area is 159 Å². The molecule has 2 aromatic rings. The van der Waals surface area contributed by atoms with Gasteiger partial charge in [0.2, 0.25) is 5.91 Å². The molecule has 1 aliphatic rings. The first kappa shape index (κ1) is 19.1. The number of nitrogens with one attached hydrogen (secondary N) is 1. The molecule has 0 atom stereocenters. The molecule has 1 aromatic carbocycles. The summed E-state index contributed by atoms with van der Waals surface area (Å²) in [6.07, 6.45) is 8.25. The van der Waals surface area contributed by atoms with Gasteiger partial charge in [0, 0.05) is 24.7 Å². The molecule has 0 aliphatic heterocycles. The Morgan fingerprint density at radius 1 is 1.11 bits per heavy atom. The van der Waals surface area contributed by atoms with Crippen molar-refractivity contribution in [2.24, 2.45) is 0 Å². The maximum Gasteiger partial charge on any atom is 0.303 e. The fourth-order valence-electron chi connectivity index (χ4n) is 3.72. The Morgan fingerprint density at radius 2 is 1.85 bits per heavy atom. The number of hydrogen-bond donors (Lipinski definition) is 2. The van der Waals surface area contributed by atoms with Crippen LogP contribution in [0.1, 0.15) is 62.4 Å². The Kier molecular flexibility index (Phi) is 6.27. The Balaban J connectivity index is 1.74. The molecule has 0 unspecified atom stereocenters. The number of carbonyl (C=O) groups is 2. The number of amides is 1. The lowest BCUT2D eigenvalue weighted by Gasteiger charge is -2.14. The van der Waals surface area contributed by atoms with Crippen LogP contribution in [-0.2, 0) is 28.9 Å². The molecule has 3 rings (SSSR count). The van der Waals surface area contributed by atoms with Crippen molar-refractivity contribution in [2.45, 2.75) is 64.7 Å². The van der Waals surface area contributed by atoms with Crippen LogP contribution in [0.5, 0.6) is 0 Å². The van der Waals surface area contributed by atoms with E-state index in [0.29, 0.717) is 0 Å². The van der Waals surface area contributed by atoms with E-state index in [0.717, 1.165) is 55.6 Å². The molecule has 6 nitrogen and oxygen atoms in total. The van der Waals surface area contributed by atoms with Gasteiger partial charge in [0.05, 0.1) is 11.4 Å². The zero-order valence-corrected chi connectivity index (χ0v) is 15.8. The van der Waals surface area contributed by atoms with E-state index in [-0.39, 0.29) is 12.3 Å². The zero-order valence-electron chi connectivity index (χ0n) is 15.8. The average Bonchev–Trinajstić information content (AvgIpc) is 3.00. The van der Waals surface area contributed by atoms with E-state index in [9.17, 15) is 9.59 Å². The van der Waals surface area contributed by atoms with Crippen LogP contribution in [0.25, 0.3) is 5.69 Å². The minimum Gasteiger partial charge on any atom is -0.481 e. The van der Waals surface area contributed by atoms with Crippen molar-refractivity contribution in [3.63, 3.8) is 0 Å². The number of carboxylic acid groups (broad SMARTS) is 1. The second kappa shape index (κ2) is 8.84. The third-order valence-corrected chi connectivity index (χ3v) is 5.00. The number of unbranched alkanes of at least 4 members (excludes halogenated alkanes) is 2. The number of carbonyl (C=O) groups excluding carboxylic acids is 1. The molecule has 0 saturated carbocycles. The minimum atomic E-state index is -0.723. The Hall–Kier alpha value is -2.63. The van der Waals surface area contributed by atoms with Gasteiger partial charge in [0.25, 0.3) is 0 Å².